The van der Waals surface area contributed by atoms with Crippen molar-refractivity contribution in [2.24, 2.45) is 4.99 Å². The summed E-state index contributed by atoms with van der Waals surface area (Å²) < 4.78 is 19.1. The molecular weight excluding hydrogens is 617 g/mol. The molecule has 228 valence electrons. The summed E-state index contributed by atoms with van der Waals surface area (Å²) >= 11 is 7.86. The number of aliphatic imine (C=N–C) groups is 1. The third-order valence-corrected chi connectivity index (χ3v) is 8.94. The summed E-state index contributed by atoms with van der Waals surface area (Å²) in [6, 6.07) is 12.1. The molecule has 2 amide bonds. The number of rotatable bonds is 6. The van der Waals surface area contributed by atoms with Crippen LogP contribution < -0.4 is 5.32 Å². The molecule has 3 aromatic rings. The van der Waals surface area contributed by atoms with Gasteiger partial charge in [0.2, 0.25) is 0 Å². The summed E-state index contributed by atoms with van der Waals surface area (Å²) in [7, 11) is 1.30. The minimum absolute atomic E-state index is 0.0526. The Morgan fingerprint density at radius 1 is 1.20 bits per heavy atom. The normalized spacial score (nSPS) is 19.7. The predicted molar refractivity (Wildman–Crippen MR) is 167 cm³/mol. The molecule has 0 saturated carbocycles. The fraction of sp³-hybridized carbons (Fsp3) is 0.281. The average molecular weight is 644 g/mol. The van der Waals surface area contributed by atoms with Gasteiger partial charge in [0.15, 0.2) is 10.8 Å². The zero-order valence-corrected chi connectivity index (χ0v) is 25.7. The Kier molecular flexibility index (Phi) is 8.80. The number of aromatic nitrogens is 1. The molecule has 3 aliphatic heterocycles. The van der Waals surface area contributed by atoms with Gasteiger partial charge in [-0.1, -0.05) is 29.5 Å². The molecule has 10 nitrogen and oxygen atoms in total. The maximum Gasteiger partial charge on any atom is 0.338 e. The van der Waals surface area contributed by atoms with Crippen LogP contribution in [0.1, 0.15) is 27.7 Å². The number of nitrogens with zero attached hydrogens (tertiary/aromatic N) is 6. The molecule has 0 radical (unpaired) electrons. The molecule has 2 fully saturated rings. The number of nitriles is 1. The van der Waals surface area contributed by atoms with Crippen molar-refractivity contribution < 1.29 is 18.7 Å². The zero-order chi connectivity index (χ0) is 31.5. The van der Waals surface area contributed by atoms with Gasteiger partial charge in [0, 0.05) is 66.1 Å². The molecule has 0 bridgehead atoms. The van der Waals surface area contributed by atoms with E-state index < -0.39 is 17.8 Å². The molecule has 1 aromatic heterocycles. The molecule has 0 unspecified atom stereocenters. The van der Waals surface area contributed by atoms with E-state index in [1.807, 2.05) is 10.3 Å². The van der Waals surface area contributed by atoms with Crippen molar-refractivity contribution in [3.05, 3.63) is 97.8 Å². The fourth-order valence-electron chi connectivity index (χ4n) is 5.67. The number of esters is 1. The number of carbonyl (C=O) groups is 2. The Balaban J connectivity index is 1.22. The van der Waals surface area contributed by atoms with Crippen molar-refractivity contribution in [3.8, 4) is 17.9 Å². The van der Waals surface area contributed by atoms with Gasteiger partial charge in [-0.15, -0.1) is 11.3 Å². The Morgan fingerprint density at radius 3 is 2.71 bits per heavy atom. The SMILES string of the molecule is COC(=O)C1=C(CN2CCN3C(=O)N(CC#Cc4ccc(C#N)cc4)C[C@@H]3C2)NC(c2nccs2)=N[C@H]1c1ccc(F)cc1Cl. The highest BCUT2D eigenvalue weighted by Gasteiger charge is 2.41. The highest BCUT2D eigenvalue weighted by Crippen LogP contribution is 2.37. The summed E-state index contributed by atoms with van der Waals surface area (Å²) in [5, 5.41) is 14.9. The summed E-state index contributed by atoms with van der Waals surface area (Å²) in [4.78, 5) is 41.4. The van der Waals surface area contributed by atoms with E-state index in [0.29, 0.717) is 66.9 Å². The zero-order valence-electron chi connectivity index (χ0n) is 24.2. The standard InChI is InChI=1S/C32H27ClFN7O3S/c1-44-31(42)27-26(37-29(30-36-10-14-45-30)38-28(27)24-9-8-22(34)15-25(24)33)19-39-12-13-41-23(17-39)18-40(32(41)43)11-2-3-20-4-6-21(16-35)7-5-20/h4-10,14-15,23,28H,11-13,17-19H2,1H3,(H,37,38)/t23-,28-/m0/s1. The summed E-state index contributed by atoms with van der Waals surface area (Å²) in [6.07, 6.45) is 1.67. The Morgan fingerprint density at radius 2 is 2.00 bits per heavy atom. The molecule has 45 heavy (non-hydrogen) atoms. The molecule has 13 heteroatoms. The van der Waals surface area contributed by atoms with Crippen LogP contribution in [0.25, 0.3) is 0 Å². The third-order valence-electron chi connectivity index (χ3n) is 7.84. The first-order chi connectivity index (χ1) is 21.8. The summed E-state index contributed by atoms with van der Waals surface area (Å²) in [6.45, 7) is 2.84. The van der Waals surface area contributed by atoms with Gasteiger partial charge in [-0.05, 0) is 36.4 Å². The van der Waals surface area contributed by atoms with Crippen LogP contribution in [0.15, 0.2) is 70.3 Å². The number of hydrogen-bond acceptors (Lipinski definition) is 9. The van der Waals surface area contributed by atoms with Gasteiger partial charge in [-0.3, -0.25) is 9.89 Å². The monoisotopic (exact) mass is 643 g/mol. The number of halogens is 2. The van der Waals surface area contributed by atoms with E-state index in [-0.39, 0.29) is 22.7 Å². The number of thiazole rings is 1. The number of methoxy groups -OCH3 is 1. The lowest BCUT2D eigenvalue weighted by atomic mass is 9.95. The number of amides is 2. The van der Waals surface area contributed by atoms with E-state index in [1.54, 1.807) is 35.4 Å². The van der Waals surface area contributed by atoms with Crippen molar-refractivity contribution in [1.82, 2.24) is 25.0 Å². The number of nitrogens with one attached hydrogen (secondary N) is 1. The number of hydrogen-bond donors (Lipinski definition) is 1. The number of piperazine rings is 1. The van der Waals surface area contributed by atoms with Gasteiger partial charge in [-0.2, -0.15) is 5.26 Å². The summed E-state index contributed by atoms with van der Waals surface area (Å²) in [5.41, 5.74) is 2.66. The average Bonchev–Trinajstić information content (AvgIpc) is 3.69. The molecule has 4 heterocycles. The second-order valence-corrected chi connectivity index (χ2v) is 11.9. The highest BCUT2D eigenvalue weighted by atomic mass is 35.5. The first-order valence-electron chi connectivity index (χ1n) is 14.1. The lowest BCUT2D eigenvalue weighted by molar-refractivity contribution is -0.136. The van der Waals surface area contributed by atoms with Gasteiger partial charge in [-0.25, -0.2) is 19.0 Å². The van der Waals surface area contributed by atoms with Crippen LogP contribution in [-0.4, -0.2) is 89.9 Å². The number of amidine groups is 1. The lowest BCUT2D eigenvalue weighted by Gasteiger charge is -2.38. The molecule has 0 aliphatic carbocycles. The Hall–Kier alpha value is -4.75. The number of ether oxygens (including phenoxy) is 1. The van der Waals surface area contributed by atoms with E-state index >= 15 is 0 Å². The highest BCUT2D eigenvalue weighted by molar-refractivity contribution is 7.11. The lowest BCUT2D eigenvalue weighted by Crippen LogP contribution is -2.53. The van der Waals surface area contributed by atoms with Crippen LogP contribution in [-0.2, 0) is 9.53 Å². The smallest absolute Gasteiger partial charge is 0.338 e. The quantitative estimate of drug-likeness (QED) is 0.321. The van der Waals surface area contributed by atoms with Gasteiger partial charge in [0.05, 0.1) is 36.9 Å². The summed E-state index contributed by atoms with van der Waals surface area (Å²) in [5.74, 6) is 5.54. The van der Waals surface area contributed by atoms with Gasteiger partial charge in [0.1, 0.15) is 11.9 Å². The van der Waals surface area contributed by atoms with Crippen molar-refractivity contribution in [1.29, 1.82) is 5.26 Å². The van der Waals surface area contributed by atoms with E-state index in [1.165, 1.54) is 36.6 Å². The van der Waals surface area contributed by atoms with Crippen molar-refractivity contribution >= 4 is 40.8 Å². The fourth-order valence-corrected chi connectivity index (χ4v) is 6.53. The largest absolute Gasteiger partial charge is 0.466 e. The number of benzene rings is 2. The van der Waals surface area contributed by atoms with Gasteiger partial charge < -0.3 is 19.9 Å². The number of carbonyl (C=O) groups excluding carboxylic acids is 2. The second kappa shape index (κ2) is 13.1. The van der Waals surface area contributed by atoms with E-state index in [2.05, 4.69) is 33.1 Å². The Bertz CT molecular complexity index is 1790. The first kappa shape index (κ1) is 30.3. The molecule has 6 rings (SSSR count). The molecule has 2 saturated heterocycles. The van der Waals surface area contributed by atoms with Crippen LogP contribution in [0.4, 0.5) is 9.18 Å². The van der Waals surface area contributed by atoms with E-state index in [9.17, 15) is 14.0 Å². The topological polar surface area (TPSA) is 114 Å². The number of fused-ring (bicyclic) bond motifs is 1. The predicted octanol–water partition coefficient (Wildman–Crippen LogP) is 3.80. The van der Waals surface area contributed by atoms with Crippen molar-refractivity contribution in [2.45, 2.75) is 12.1 Å². The molecule has 0 spiro atoms. The Labute approximate surface area is 268 Å². The van der Waals surface area contributed by atoms with Gasteiger partial charge >= 0.3 is 12.0 Å². The van der Waals surface area contributed by atoms with Crippen molar-refractivity contribution in [3.63, 3.8) is 0 Å². The molecular formula is C32H27ClFN7O3S. The maximum atomic E-state index is 14.0. The van der Waals surface area contributed by atoms with Crippen LogP contribution in [0.3, 0.4) is 0 Å². The van der Waals surface area contributed by atoms with E-state index in [4.69, 9.17) is 26.6 Å². The second-order valence-electron chi connectivity index (χ2n) is 10.6. The minimum atomic E-state index is -0.847. The van der Waals surface area contributed by atoms with Crippen LogP contribution in [0.2, 0.25) is 5.02 Å². The third kappa shape index (κ3) is 6.40. The van der Waals surface area contributed by atoms with E-state index in [0.717, 1.165) is 5.56 Å². The first-order valence-corrected chi connectivity index (χ1v) is 15.4. The van der Waals surface area contributed by atoms with Crippen molar-refractivity contribution in [2.75, 3.05) is 46.4 Å². The van der Waals surface area contributed by atoms with Gasteiger partial charge in [0.25, 0.3) is 0 Å². The maximum absolute atomic E-state index is 14.0. The number of urea groups is 1. The minimum Gasteiger partial charge on any atom is -0.466 e. The molecule has 2 aromatic carbocycles. The van der Waals surface area contributed by atoms with Crippen LogP contribution >= 0.6 is 22.9 Å². The molecule has 1 N–H and O–H groups in total. The molecule has 2 atom stereocenters. The van der Waals surface area contributed by atoms with Crippen LogP contribution in [0, 0.1) is 29.0 Å². The molecule has 3 aliphatic rings. The van der Waals surface area contributed by atoms with Crippen LogP contribution in [0.5, 0.6) is 0 Å².